The molecule has 0 unspecified atom stereocenters. The third kappa shape index (κ3) is 18.5. The van der Waals surface area contributed by atoms with Crippen LogP contribution < -0.4 is 54.0 Å². The third-order valence-electron chi connectivity index (χ3n) is 18.0. The summed E-state index contributed by atoms with van der Waals surface area (Å²) in [6.45, 7) is 18.6. The SMILES string of the molecule is Cc1sc2cc1C1=C(CCC1)c1cc(sc1C)C(=O)[C@H]1CCCN1C(=O)[C@H](C(C)C)NC(=O)[C@H](CCCN)NC(=O)[C@H](C(C)C)NC(=O)[C@@H]1CCCN1C(=O)[C@@H](Cc1ccccc1)NC(=O)[C@H](C(C)C)NC(=O)[C@H](CCCN)NC(=O)[C@H](CCNC(=O)C(C)C)NC2=O. The zero-order valence-electron chi connectivity index (χ0n) is 55.6. The average Bonchev–Trinajstić information content (AvgIpc) is 1.66. The van der Waals surface area contributed by atoms with Gasteiger partial charge >= 0.3 is 0 Å². The van der Waals surface area contributed by atoms with E-state index in [1.165, 1.54) is 27.6 Å². The second kappa shape index (κ2) is 33.7. The number of fused-ring (bicyclic) bond motifs is 8. The minimum Gasteiger partial charge on any atom is -0.356 e. The fraction of sp³-hybridized carbons (Fsp3) is 0.603. The molecule has 2 fully saturated rings. The Morgan fingerprint density at radius 3 is 1.54 bits per heavy atom. The number of rotatable bonds is 15. The molecule has 0 saturated carbocycles. The molecule has 2 saturated heterocycles. The van der Waals surface area contributed by atoms with E-state index in [9.17, 15) is 47.9 Å². The summed E-state index contributed by atoms with van der Waals surface area (Å²) in [5, 5.41) is 22.9. The van der Waals surface area contributed by atoms with E-state index in [2.05, 4.69) is 42.5 Å². The second-order valence-electron chi connectivity index (χ2n) is 26.4. The first kappa shape index (κ1) is 73.1. The molecule has 508 valence electrons. The van der Waals surface area contributed by atoms with Crippen LogP contribution in [0.1, 0.15) is 178 Å². The van der Waals surface area contributed by atoms with Crippen molar-refractivity contribution in [1.29, 1.82) is 0 Å². The standard InChI is InChI=1S/C68H98N12O11S2/c1-36(2)55-66(89)75-50(33-42-19-12-11-13-20-42)67(90)80-32-18-26-52(80)63(86)77-56(37(3)4)65(88)74-48(24-16-29-70)62(85)78-57(38(5)6)68(91)79-31-17-25-51(79)58(81)53-34-45(40(9)92-53)43-21-14-22-44(43)46-35-54(93-41(46)10)64(87)73-49(27-30-71-59(82)39(7)8)60(83)72-47(23-15-28-69)61(84)76-55/h11-13,19-20,34-39,47-52,55-57H,14-18,21-33,69-70H2,1-10H3,(H,71,82)(H,72,83)(H,73,87)(H,74,88)(H,75,89)(H,76,84)(H,77,86)(H,78,85)/t47-,48-,49-,50+,51+,52-,55-,56-,57-/m0/s1. The molecule has 4 aliphatic rings. The molecule has 12 N–H and O–H groups in total. The summed E-state index contributed by atoms with van der Waals surface area (Å²) in [4.78, 5) is 165. The lowest BCUT2D eigenvalue weighted by atomic mass is 9.96. The highest BCUT2D eigenvalue weighted by molar-refractivity contribution is 7.14. The van der Waals surface area contributed by atoms with Crippen molar-refractivity contribution in [2.45, 2.75) is 207 Å². The third-order valence-corrected chi connectivity index (χ3v) is 20.1. The molecule has 5 heterocycles. The topological polar surface area (TPSA) is 343 Å². The minimum atomic E-state index is -1.26. The highest BCUT2D eigenvalue weighted by atomic mass is 32.1. The summed E-state index contributed by atoms with van der Waals surface area (Å²) in [7, 11) is 0. The van der Waals surface area contributed by atoms with Crippen molar-refractivity contribution >= 4 is 98.7 Å². The van der Waals surface area contributed by atoms with Crippen molar-refractivity contribution in [2.24, 2.45) is 35.1 Å². The highest BCUT2D eigenvalue weighted by Crippen LogP contribution is 2.45. The van der Waals surface area contributed by atoms with Crippen LogP contribution in [0.15, 0.2) is 42.5 Å². The van der Waals surface area contributed by atoms with E-state index in [1.807, 2.05) is 26.0 Å². The van der Waals surface area contributed by atoms with Crippen molar-refractivity contribution in [3.05, 3.63) is 78.7 Å². The van der Waals surface area contributed by atoms with E-state index < -0.39 is 125 Å². The van der Waals surface area contributed by atoms with Crippen LogP contribution >= 0.6 is 22.7 Å². The molecule has 1 aliphatic carbocycles. The Labute approximate surface area is 554 Å². The van der Waals surface area contributed by atoms with Crippen LogP contribution in [0.5, 0.6) is 0 Å². The van der Waals surface area contributed by atoms with Crippen molar-refractivity contribution < 1.29 is 52.7 Å². The molecular weight excluding hydrogens is 1220 g/mol. The van der Waals surface area contributed by atoms with Crippen LogP contribution in [0.3, 0.4) is 0 Å². The number of carbonyl (C=O) groups excluding carboxylic acids is 11. The molecule has 3 aliphatic heterocycles. The van der Waals surface area contributed by atoms with Gasteiger partial charge in [0.1, 0.15) is 48.3 Å². The monoisotopic (exact) mass is 1320 g/mol. The van der Waals surface area contributed by atoms with Gasteiger partial charge in [0, 0.05) is 41.7 Å². The Balaban J connectivity index is 1.27. The van der Waals surface area contributed by atoms with Crippen molar-refractivity contribution in [2.75, 3.05) is 32.7 Å². The normalized spacial score (nSPS) is 24.8. The summed E-state index contributed by atoms with van der Waals surface area (Å²) < 4.78 is 0. The number of ketones is 1. The molecule has 0 radical (unpaired) electrons. The quantitative estimate of drug-likeness (QED) is 0.0999. The van der Waals surface area contributed by atoms with E-state index in [0.717, 1.165) is 38.4 Å². The first-order valence-electron chi connectivity index (χ1n) is 33.2. The van der Waals surface area contributed by atoms with Gasteiger partial charge in [-0.2, -0.15) is 0 Å². The maximum Gasteiger partial charge on any atom is 0.262 e. The number of allylic oxidation sites excluding steroid dienone is 2. The highest BCUT2D eigenvalue weighted by Gasteiger charge is 2.44. The van der Waals surface area contributed by atoms with Gasteiger partial charge in [-0.25, -0.2) is 0 Å². The van der Waals surface area contributed by atoms with Crippen LogP contribution in [0.25, 0.3) is 11.1 Å². The van der Waals surface area contributed by atoms with Gasteiger partial charge in [0.05, 0.1) is 15.8 Å². The van der Waals surface area contributed by atoms with Gasteiger partial charge in [-0.1, -0.05) is 85.7 Å². The number of nitrogens with zero attached hydrogens (tertiary/aromatic N) is 2. The number of hydrogen-bond donors (Lipinski definition) is 10. The van der Waals surface area contributed by atoms with Crippen LogP contribution in [0.4, 0.5) is 0 Å². The van der Waals surface area contributed by atoms with Gasteiger partial charge < -0.3 is 63.8 Å². The number of nitrogens with one attached hydrogen (secondary N) is 8. The molecule has 10 amide bonds. The average molecular weight is 1320 g/mol. The summed E-state index contributed by atoms with van der Waals surface area (Å²) in [6, 6.07) is 2.32. The summed E-state index contributed by atoms with van der Waals surface area (Å²) in [5.74, 6) is -8.03. The fourth-order valence-electron chi connectivity index (χ4n) is 12.7. The van der Waals surface area contributed by atoms with Crippen LogP contribution in [-0.4, -0.2) is 162 Å². The van der Waals surface area contributed by atoms with E-state index >= 15 is 4.79 Å². The number of carbonyl (C=O) groups is 11. The molecule has 1 aromatic carbocycles. The molecule has 2 aromatic heterocycles. The lowest BCUT2D eigenvalue weighted by Gasteiger charge is -2.33. The second-order valence-corrected chi connectivity index (χ2v) is 28.9. The predicted octanol–water partition coefficient (Wildman–Crippen LogP) is 4.56. The molecule has 0 spiro atoms. The Morgan fingerprint density at radius 1 is 0.538 bits per heavy atom. The number of thiophene rings is 2. The van der Waals surface area contributed by atoms with Crippen molar-refractivity contribution in [3.8, 4) is 0 Å². The molecule has 9 atom stereocenters. The maximum absolute atomic E-state index is 15.0. The molecule has 4 bridgehead atoms. The van der Waals surface area contributed by atoms with E-state index in [-0.39, 0.29) is 88.9 Å². The molecule has 7 rings (SSSR count). The first-order chi connectivity index (χ1) is 44.2. The van der Waals surface area contributed by atoms with Gasteiger partial charge in [-0.15, -0.1) is 22.7 Å². The predicted molar refractivity (Wildman–Crippen MR) is 359 cm³/mol. The van der Waals surface area contributed by atoms with E-state index in [4.69, 9.17) is 11.5 Å². The largest absolute Gasteiger partial charge is 0.356 e. The van der Waals surface area contributed by atoms with Gasteiger partial charge in [0.15, 0.2) is 5.78 Å². The zero-order valence-corrected chi connectivity index (χ0v) is 57.3. The molecule has 3 aromatic rings. The zero-order chi connectivity index (χ0) is 68.0. The van der Waals surface area contributed by atoms with Crippen molar-refractivity contribution in [1.82, 2.24) is 52.3 Å². The Bertz CT molecular complexity index is 3250. The lowest BCUT2D eigenvalue weighted by molar-refractivity contribution is -0.143. The van der Waals surface area contributed by atoms with Gasteiger partial charge in [-0.3, -0.25) is 52.7 Å². The summed E-state index contributed by atoms with van der Waals surface area (Å²) in [5.41, 5.74) is 16.4. The van der Waals surface area contributed by atoms with Crippen LogP contribution in [0, 0.1) is 37.5 Å². The Hall–Kier alpha value is -7.35. The summed E-state index contributed by atoms with van der Waals surface area (Å²) in [6.07, 6.45) is 4.54. The van der Waals surface area contributed by atoms with E-state index in [0.29, 0.717) is 53.8 Å². The first-order valence-corrected chi connectivity index (χ1v) is 34.8. The lowest BCUT2D eigenvalue weighted by Crippen LogP contribution is -2.61. The summed E-state index contributed by atoms with van der Waals surface area (Å²) >= 11 is 2.62. The minimum absolute atomic E-state index is 0.00113. The van der Waals surface area contributed by atoms with Gasteiger partial charge in [-0.05, 0) is 162 Å². The van der Waals surface area contributed by atoms with E-state index in [1.54, 1.807) is 90.6 Å². The Kier molecular flexibility index (Phi) is 26.4. The molecule has 25 heteroatoms. The van der Waals surface area contributed by atoms with Crippen LogP contribution in [0.2, 0.25) is 0 Å². The van der Waals surface area contributed by atoms with Crippen molar-refractivity contribution in [3.63, 3.8) is 0 Å². The number of nitrogens with two attached hydrogens (primary N) is 2. The maximum atomic E-state index is 15.0. The number of hydrogen-bond acceptors (Lipinski definition) is 15. The number of Topliss-reactive ketones (excluding diaryl/α,β-unsaturated/α-hetero) is 1. The number of aryl methyl sites for hydroxylation is 2. The number of benzene rings is 1. The van der Waals surface area contributed by atoms with Gasteiger partial charge in [0.25, 0.3) is 5.91 Å². The molecular formula is C68H98N12O11S2. The van der Waals surface area contributed by atoms with Crippen LogP contribution in [-0.2, 0) is 49.6 Å². The van der Waals surface area contributed by atoms with Gasteiger partial charge in [0.2, 0.25) is 53.2 Å². The number of amides is 10. The molecule has 23 nitrogen and oxygen atoms in total. The molecule has 93 heavy (non-hydrogen) atoms. The Morgan fingerprint density at radius 2 is 1.00 bits per heavy atom. The smallest absolute Gasteiger partial charge is 0.262 e. The fourth-order valence-corrected chi connectivity index (χ4v) is 14.7.